The van der Waals surface area contributed by atoms with Gasteiger partial charge >= 0.3 is 0 Å². The molecule has 0 atom stereocenters. The van der Waals surface area contributed by atoms with E-state index in [1.807, 2.05) is 0 Å². The number of carbonyl (C=O) groups excluding carboxylic acids is 1. The number of carbonyl (C=O) groups is 1. The fourth-order valence-electron chi connectivity index (χ4n) is 2.87. The van der Waals surface area contributed by atoms with Crippen LogP contribution in [0.2, 0.25) is 0 Å². The Kier molecular flexibility index (Phi) is 5.38. The predicted octanol–water partition coefficient (Wildman–Crippen LogP) is 1.46. The van der Waals surface area contributed by atoms with Crippen molar-refractivity contribution in [3.05, 3.63) is 40.3 Å². The number of H-pyrrole nitrogens is 1. The van der Waals surface area contributed by atoms with Crippen molar-refractivity contribution in [3.8, 4) is 0 Å². The van der Waals surface area contributed by atoms with Crippen LogP contribution < -0.4 is 16.2 Å². The number of hydrogen-bond donors (Lipinski definition) is 3. The standard InChI is InChI=1S/C16H20N4O2.ClH/c1-16(6-8-17-9-7-16)10-18-15(22)13-11-4-2-3-5-12(11)14(21)20-19-13;/h2-5,17H,6-10H2,1H3,(H,18,22)(H,20,21);1H. The maximum absolute atomic E-state index is 12.4. The summed E-state index contributed by atoms with van der Waals surface area (Å²) >= 11 is 0. The van der Waals surface area contributed by atoms with E-state index < -0.39 is 0 Å². The number of halogens is 1. The third-order valence-corrected chi connectivity index (χ3v) is 4.40. The Morgan fingerprint density at radius 1 is 1.26 bits per heavy atom. The molecular weight excluding hydrogens is 316 g/mol. The van der Waals surface area contributed by atoms with Gasteiger partial charge in [-0.05, 0) is 37.4 Å². The van der Waals surface area contributed by atoms with Gasteiger partial charge in [0.15, 0.2) is 5.69 Å². The summed E-state index contributed by atoms with van der Waals surface area (Å²) in [6, 6.07) is 7.02. The second-order valence-corrected chi connectivity index (χ2v) is 6.19. The fraction of sp³-hybridized carbons (Fsp3) is 0.438. The number of amides is 1. The number of rotatable bonds is 3. The maximum Gasteiger partial charge on any atom is 0.272 e. The highest BCUT2D eigenvalue weighted by molar-refractivity contribution is 6.04. The van der Waals surface area contributed by atoms with Crippen LogP contribution in [0.5, 0.6) is 0 Å². The molecule has 0 spiro atoms. The molecule has 0 aliphatic carbocycles. The summed E-state index contributed by atoms with van der Waals surface area (Å²) in [6.45, 7) is 4.76. The molecule has 0 saturated carbocycles. The van der Waals surface area contributed by atoms with Gasteiger partial charge in [0, 0.05) is 11.9 Å². The van der Waals surface area contributed by atoms with Gasteiger partial charge < -0.3 is 10.6 Å². The molecule has 1 fully saturated rings. The predicted molar refractivity (Wildman–Crippen MR) is 92.2 cm³/mol. The van der Waals surface area contributed by atoms with Crippen molar-refractivity contribution in [1.29, 1.82) is 0 Å². The van der Waals surface area contributed by atoms with Crippen LogP contribution in [-0.2, 0) is 0 Å². The summed E-state index contributed by atoms with van der Waals surface area (Å²) in [6.07, 6.45) is 2.07. The Morgan fingerprint density at radius 3 is 2.61 bits per heavy atom. The van der Waals surface area contributed by atoms with Crippen LogP contribution in [0, 0.1) is 5.41 Å². The van der Waals surface area contributed by atoms with Crippen molar-refractivity contribution in [2.45, 2.75) is 19.8 Å². The van der Waals surface area contributed by atoms with Crippen molar-refractivity contribution >= 4 is 29.1 Å². The first-order valence-corrected chi connectivity index (χ1v) is 7.55. The molecule has 1 saturated heterocycles. The molecular formula is C16H21ClN4O2. The third-order valence-electron chi connectivity index (χ3n) is 4.40. The van der Waals surface area contributed by atoms with E-state index in [4.69, 9.17) is 0 Å². The number of benzene rings is 1. The van der Waals surface area contributed by atoms with Crippen LogP contribution in [0.15, 0.2) is 29.1 Å². The summed E-state index contributed by atoms with van der Waals surface area (Å²) in [5.74, 6) is -0.243. The number of aromatic nitrogens is 2. The van der Waals surface area contributed by atoms with Gasteiger partial charge in [-0.15, -0.1) is 12.4 Å². The average molecular weight is 337 g/mol. The third kappa shape index (κ3) is 3.71. The molecule has 2 aromatic rings. The van der Waals surface area contributed by atoms with E-state index in [1.165, 1.54) is 0 Å². The van der Waals surface area contributed by atoms with Gasteiger partial charge in [0.05, 0.1) is 5.39 Å². The van der Waals surface area contributed by atoms with E-state index in [-0.39, 0.29) is 35.0 Å². The lowest BCUT2D eigenvalue weighted by Crippen LogP contribution is -2.43. The Labute approximate surface area is 140 Å². The Bertz CT molecular complexity index is 753. The molecule has 124 valence electrons. The lowest BCUT2D eigenvalue weighted by atomic mass is 9.81. The van der Waals surface area contributed by atoms with Crippen LogP contribution in [-0.4, -0.2) is 35.7 Å². The Morgan fingerprint density at radius 2 is 1.91 bits per heavy atom. The minimum absolute atomic E-state index is 0. The van der Waals surface area contributed by atoms with E-state index in [2.05, 4.69) is 27.8 Å². The zero-order valence-electron chi connectivity index (χ0n) is 13.0. The largest absolute Gasteiger partial charge is 0.350 e. The Balaban J connectivity index is 0.00000192. The second-order valence-electron chi connectivity index (χ2n) is 6.19. The summed E-state index contributed by atoms with van der Waals surface area (Å²) in [5.41, 5.74) is 0.101. The highest BCUT2D eigenvalue weighted by Crippen LogP contribution is 2.26. The molecule has 3 N–H and O–H groups in total. The molecule has 23 heavy (non-hydrogen) atoms. The van der Waals surface area contributed by atoms with E-state index in [0.717, 1.165) is 25.9 Å². The minimum Gasteiger partial charge on any atom is -0.350 e. The molecule has 1 aromatic carbocycles. The topological polar surface area (TPSA) is 86.9 Å². The minimum atomic E-state index is -0.280. The second kappa shape index (κ2) is 7.10. The molecule has 2 heterocycles. The van der Waals surface area contributed by atoms with Crippen LogP contribution in [0.25, 0.3) is 10.8 Å². The normalized spacial score (nSPS) is 16.6. The molecule has 3 rings (SSSR count). The quantitative estimate of drug-likeness (QED) is 0.792. The molecule has 0 bridgehead atoms. The number of aromatic amines is 1. The summed E-state index contributed by atoms with van der Waals surface area (Å²) < 4.78 is 0. The van der Waals surface area contributed by atoms with Crippen molar-refractivity contribution in [2.24, 2.45) is 5.41 Å². The van der Waals surface area contributed by atoms with Gasteiger partial charge in [0.25, 0.3) is 11.5 Å². The Hall–Kier alpha value is -1.92. The molecule has 1 aliphatic heterocycles. The summed E-state index contributed by atoms with van der Waals surface area (Å²) in [4.78, 5) is 24.2. The number of hydrogen-bond acceptors (Lipinski definition) is 4. The van der Waals surface area contributed by atoms with Crippen LogP contribution in [0.4, 0.5) is 0 Å². The van der Waals surface area contributed by atoms with Crippen molar-refractivity contribution < 1.29 is 4.79 Å². The molecule has 1 aromatic heterocycles. The molecule has 7 heteroatoms. The zero-order chi connectivity index (χ0) is 15.6. The monoisotopic (exact) mass is 336 g/mol. The van der Waals surface area contributed by atoms with Gasteiger partial charge in [-0.1, -0.05) is 25.1 Å². The summed E-state index contributed by atoms with van der Waals surface area (Å²) in [5, 5.41) is 13.7. The fourth-order valence-corrected chi connectivity index (χ4v) is 2.87. The smallest absolute Gasteiger partial charge is 0.272 e. The first-order valence-electron chi connectivity index (χ1n) is 7.55. The maximum atomic E-state index is 12.4. The number of nitrogens with one attached hydrogen (secondary N) is 3. The van der Waals surface area contributed by atoms with E-state index >= 15 is 0 Å². The number of fused-ring (bicyclic) bond motifs is 1. The van der Waals surface area contributed by atoms with Crippen LogP contribution in [0.3, 0.4) is 0 Å². The van der Waals surface area contributed by atoms with Crippen LogP contribution in [0.1, 0.15) is 30.3 Å². The van der Waals surface area contributed by atoms with Crippen molar-refractivity contribution in [1.82, 2.24) is 20.8 Å². The lowest BCUT2D eigenvalue weighted by molar-refractivity contribution is 0.0918. The highest BCUT2D eigenvalue weighted by atomic mass is 35.5. The molecule has 0 radical (unpaired) electrons. The van der Waals surface area contributed by atoms with E-state index in [1.54, 1.807) is 24.3 Å². The SMILES string of the molecule is CC1(CNC(=O)c2n[nH]c(=O)c3ccccc23)CCNCC1.Cl. The highest BCUT2D eigenvalue weighted by Gasteiger charge is 2.27. The zero-order valence-corrected chi connectivity index (χ0v) is 13.8. The van der Waals surface area contributed by atoms with Gasteiger partial charge in [0.2, 0.25) is 0 Å². The number of nitrogens with zero attached hydrogens (tertiary/aromatic N) is 1. The van der Waals surface area contributed by atoms with Gasteiger partial charge in [-0.2, -0.15) is 5.10 Å². The summed E-state index contributed by atoms with van der Waals surface area (Å²) in [7, 11) is 0. The van der Waals surface area contributed by atoms with Gasteiger partial charge in [0.1, 0.15) is 0 Å². The molecule has 0 unspecified atom stereocenters. The lowest BCUT2D eigenvalue weighted by Gasteiger charge is -2.34. The van der Waals surface area contributed by atoms with Crippen LogP contribution >= 0.6 is 12.4 Å². The first kappa shape index (κ1) is 17.4. The molecule has 1 aliphatic rings. The number of piperidine rings is 1. The first-order chi connectivity index (χ1) is 10.6. The van der Waals surface area contributed by atoms with Crippen molar-refractivity contribution in [2.75, 3.05) is 19.6 Å². The average Bonchev–Trinajstić information content (AvgIpc) is 2.54. The van der Waals surface area contributed by atoms with E-state index in [0.29, 0.717) is 17.3 Å². The molecule has 1 amide bonds. The van der Waals surface area contributed by atoms with Gasteiger partial charge in [-0.25, -0.2) is 5.10 Å². The molecule has 6 nitrogen and oxygen atoms in total. The van der Waals surface area contributed by atoms with Gasteiger partial charge in [-0.3, -0.25) is 9.59 Å². The van der Waals surface area contributed by atoms with E-state index in [9.17, 15) is 9.59 Å². The van der Waals surface area contributed by atoms with Crippen molar-refractivity contribution in [3.63, 3.8) is 0 Å².